The van der Waals surface area contributed by atoms with Crippen LogP contribution < -0.4 is 10.6 Å². The first-order chi connectivity index (χ1) is 9.57. The lowest BCUT2D eigenvalue weighted by Crippen LogP contribution is -2.68. The largest absolute Gasteiger partial charge is 0.357 e. The summed E-state index contributed by atoms with van der Waals surface area (Å²) in [6.07, 6.45) is 1.51. The van der Waals surface area contributed by atoms with E-state index in [9.17, 15) is 4.79 Å². The van der Waals surface area contributed by atoms with Crippen molar-refractivity contribution in [2.45, 2.75) is 62.4 Å². The van der Waals surface area contributed by atoms with Crippen molar-refractivity contribution in [2.24, 2.45) is 0 Å². The molecule has 0 aromatic heterocycles. The zero-order valence-corrected chi connectivity index (χ0v) is 12.3. The molecule has 6 nitrogen and oxygen atoms in total. The Morgan fingerprint density at radius 1 is 1.25 bits per heavy atom. The van der Waals surface area contributed by atoms with Gasteiger partial charge in [0.05, 0.1) is 12.7 Å². The van der Waals surface area contributed by atoms with Crippen LogP contribution >= 0.6 is 0 Å². The highest BCUT2D eigenvalue weighted by molar-refractivity contribution is 5.85. The molecule has 1 saturated carbocycles. The van der Waals surface area contributed by atoms with Gasteiger partial charge in [-0.05, 0) is 33.9 Å². The van der Waals surface area contributed by atoms with Crippen molar-refractivity contribution in [1.82, 2.24) is 10.6 Å². The number of rotatable bonds is 2. The lowest BCUT2D eigenvalue weighted by molar-refractivity contribution is -0.363. The van der Waals surface area contributed by atoms with E-state index < -0.39 is 11.9 Å². The summed E-state index contributed by atoms with van der Waals surface area (Å²) in [6, 6.07) is 0.571. The number of carbonyl (C=O) groups excluding carboxylic acids is 1. The maximum absolute atomic E-state index is 12.1. The molecule has 6 unspecified atom stereocenters. The monoisotopic (exact) mass is 284 g/mol. The maximum Gasteiger partial charge on any atom is 0.199 e. The van der Waals surface area contributed by atoms with E-state index >= 15 is 0 Å². The van der Waals surface area contributed by atoms with Gasteiger partial charge in [-0.15, -0.1) is 0 Å². The Hall–Kier alpha value is -0.530. The maximum atomic E-state index is 12.1. The smallest absolute Gasteiger partial charge is 0.199 e. The van der Waals surface area contributed by atoms with Crippen LogP contribution in [0.15, 0.2) is 0 Å². The number of hydrogen-bond acceptors (Lipinski definition) is 6. The van der Waals surface area contributed by atoms with Crippen molar-refractivity contribution in [3.05, 3.63) is 0 Å². The molecule has 3 fully saturated rings. The number of likely N-dealkylation sites (N-methyl/N-ethyl adjacent to an activating group) is 1. The Labute approximate surface area is 119 Å². The Kier molecular flexibility index (Phi) is 3.85. The van der Waals surface area contributed by atoms with Crippen molar-refractivity contribution in [3.63, 3.8) is 0 Å². The minimum atomic E-state index is -0.926. The standard InChI is InChI=1S/C14H24N2O4/c1-14-13(10(17)4-5-18-14)19-12-9(16-3)6-8(15-2)7-11(12)20-14/h8-9,11-13,15-16H,4-7H2,1-3H3. The first-order valence-corrected chi connectivity index (χ1v) is 7.42. The van der Waals surface area contributed by atoms with Crippen LogP contribution in [0, 0.1) is 0 Å². The molecule has 2 aliphatic heterocycles. The molecular formula is C14H24N2O4. The fourth-order valence-corrected chi connectivity index (χ4v) is 3.63. The molecule has 6 atom stereocenters. The Morgan fingerprint density at radius 3 is 2.75 bits per heavy atom. The number of ketones is 1. The normalized spacial score (nSPS) is 48.5. The minimum Gasteiger partial charge on any atom is -0.357 e. The summed E-state index contributed by atoms with van der Waals surface area (Å²) in [5.74, 6) is -0.840. The van der Waals surface area contributed by atoms with Gasteiger partial charge in [-0.1, -0.05) is 0 Å². The molecule has 1 aliphatic carbocycles. The fourth-order valence-electron chi connectivity index (χ4n) is 3.63. The first-order valence-electron chi connectivity index (χ1n) is 7.42. The van der Waals surface area contributed by atoms with E-state index in [-0.39, 0.29) is 24.0 Å². The lowest BCUT2D eigenvalue weighted by atomic mass is 9.84. The molecule has 2 heterocycles. The first kappa shape index (κ1) is 14.4. The third-order valence-corrected chi connectivity index (χ3v) is 4.78. The number of Topliss-reactive ketones (excluding diaryl/α,β-unsaturated/α-hetero) is 1. The second kappa shape index (κ2) is 5.35. The van der Waals surface area contributed by atoms with Crippen molar-refractivity contribution in [1.29, 1.82) is 0 Å². The van der Waals surface area contributed by atoms with E-state index in [4.69, 9.17) is 14.2 Å². The molecule has 20 heavy (non-hydrogen) atoms. The van der Waals surface area contributed by atoms with E-state index in [1.54, 1.807) is 0 Å². The molecule has 3 rings (SSSR count). The van der Waals surface area contributed by atoms with Crippen LogP contribution in [0.1, 0.15) is 26.2 Å². The Bertz CT molecular complexity index is 391. The SMILES string of the molecule is CNC1CC(NC)C2OC3C(=O)CCOC3(C)OC2C1. The van der Waals surface area contributed by atoms with Gasteiger partial charge in [0.15, 0.2) is 17.7 Å². The van der Waals surface area contributed by atoms with Crippen LogP contribution in [-0.4, -0.2) is 62.7 Å². The molecular weight excluding hydrogens is 260 g/mol. The summed E-state index contributed by atoms with van der Waals surface area (Å²) in [6.45, 7) is 2.24. The predicted molar refractivity (Wildman–Crippen MR) is 72.4 cm³/mol. The summed E-state index contributed by atoms with van der Waals surface area (Å²) in [5, 5.41) is 6.60. The molecule has 0 aromatic rings. The molecule has 0 aromatic carbocycles. The molecule has 114 valence electrons. The number of fused-ring (bicyclic) bond motifs is 2. The fraction of sp³-hybridized carbons (Fsp3) is 0.929. The zero-order valence-electron chi connectivity index (χ0n) is 12.3. The van der Waals surface area contributed by atoms with Gasteiger partial charge in [-0.25, -0.2) is 0 Å². The molecule has 0 spiro atoms. The molecule has 0 amide bonds. The van der Waals surface area contributed by atoms with Gasteiger partial charge in [-0.3, -0.25) is 4.79 Å². The summed E-state index contributed by atoms with van der Waals surface area (Å²) in [4.78, 5) is 12.1. The van der Waals surface area contributed by atoms with Crippen LogP contribution in [0.5, 0.6) is 0 Å². The average Bonchev–Trinajstić information content (AvgIpc) is 2.44. The Balaban J connectivity index is 1.82. The second-order valence-electron chi connectivity index (χ2n) is 6.07. The highest BCUT2D eigenvalue weighted by atomic mass is 16.7. The summed E-state index contributed by atoms with van der Waals surface area (Å²) in [5.41, 5.74) is 0. The molecule has 0 radical (unpaired) electrons. The van der Waals surface area contributed by atoms with Crippen molar-refractivity contribution in [2.75, 3.05) is 20.7 Å². The van der Waals surface area contributed by atoms with Crippen molar-refractivity contribution in [3.8, 4) is 0 Å². The van der Waals surface area contributed by atoms with Gasteiger partial charge >= 0.3 is 0 Å². The third kappa shape index (κ3) is 2.29. The molecule has 0 bridgehead atoms. The quantitative estimate of drug-likeness (QED) is 0.733. The number of ether oxygens (including phenoxy) is 3. The van der Waals surface area contributed by atoms with Crippen LogP contribution in [0.2, 0.25) is 0 Å². The minimum absolute atomic E-state index is 0.0502. The summed E-state index contributed by atoms with van der Waals surface area (Å²) in [7, 11) is 3.89. The molecule has 2 saturated heterocycles. The van der Waals surface area contributed by atoms with Crippen LogP contribution in [-0.2, 0) is 19.0 Å². The zero-order chi connectivity index (χ0) is 14.3. The summed E-state index contributed by atoms with van der Waals surface area (Å²) < 4.78 is 18.0. The number of hydrogen-bond donors (Lipinski definition) is 2. The molecule has 3 aliphatic rings. The topological polar surface area (TPSA) is 68.8 Å². The average molecular weight is 284 g/mol. The van der Waals surface area contributed by atoms with Gasteiger partial charge in [-0.2, -0.15) is 0 Å². The van der Waals surface area contributed by atoms with Gasteiger partial charge in [0.2, 0.25) is 0 Å². The van der Waals surface area contributed by atoms with Gasteiger partial charge < -0.3 is 24.8 Å². The lowest BCUT2D eigenvalue weighted by Gasteiger charge is -2.53. The van der Waals surface area contributed by atoms with Crippen LogP contribution in [0.3, 0.4) is 0 Å². The van der Waals surface area contributed by atoms with E-state index in [0.717, 1.165) is 12.8 Å². The third-order valence-electron chi connectivity index (χ3n) is 4.78. The second-order valence-corrected chi connectivity index (χ2v) is 6.07. The number of carbonyl (C=O) groups is 1. The van der Waals surface area contributed by atoms with Gasteiger partial charge in [0, 0.05) is 18.5 Å². The van der Waals surface area contributed by atoms with Crippen molar-refractivity contribution >= 4 is 5.78 Å². The van der Waals surface area contributed by atoms with Gasteiger partial charge in [0.1, 0.15) is 6.10 Å². The van der Waals surface area contributed by atoms with E-state index in [0.29, 0.717) is 19.1 Å². The molecule has 6 heteroatoms. The highest BCUT2D eigenvalue weighted by Crippen LogP contribution is 2.39. The van der Waals surface area contributed by atoms with E-state index in [2.05, 4.69) is 10.6 Å². The van der Waals surface area contributed by atoms with E-state index in [1.807, 2.05) is 21.0 Å². The Morgan fingerprint density at radius 2 is 2.05 bits per heavy atom. The molecule has 2 N–H and O–H groups in total. The van der Waals surface area contributed by atoms with Crippen LogP contribution in [0.4, 0.5) is 0 Å². The van der Waals surface area contributed by atoms with Crippen molar-refractivity contribution < 1.29 is 19.0 Å². The highest BCUT2D eigenvalue weighted by Gasteiger charge is 2.55. The van der Waals surface area contributed by atoms with Gasteiger partial charge in [0.25, 0.3) is 0 Å². The van der Waals surface area contributed by atoms with Crippen LogP contribution in [0.25, 0.3) is 0 Å². The van der Waals surface area contributed by atoms with E-state index in [1.165, 1.54) is 0 Å². The number of nitrogens with one attached hydrogen (secondary N) is 2. The summed E-state index contributed by atoms with van der Waals surface area (Å²) >= 11 is 0. The predicted octanol–water partition coefficient (Wildman–Crippen LogP) is -0.186.